The quantitative estimate of drug-likeness (QED) is 0.821. The maximum atomic E-state index is 12.6. The Morgan fingerprint density at radius 3 is 2.52 bits per heavy atom. The molecule has 0 bridgehead atoms. The van der Waals surface area contributed by atoms with Crippen LogP contribution >= 0.6 is 0 Å². The normalized spacial score (nSPS) is 18.5. The molecule has 29 heavy (non-hydrogen) atoms. The maximum Gasteiger partial charge on any atom is 0.234 e. The number of nitriles is 1. The van der Waals surface area contributed by atoms with E-state index < -0.39 is 0 Å². The number of carbonyl (C=O) groups is 1. The summed E-state index contributed by atoms with van der Waals surface area (Å²) in [6.07, 6.45) is 5.23. The Morgan fingerprint density at radius 1 is 1.10 bits per heavy atom. The van der Waals surface area contributed by atoms with Gasteiger partial charge in [-0.1, -0.05) is 36.8 Å². The summed E-state index contributed by atoms with van der Waals surface area (Å²) in [6, 6.07) is 16.3. The van der Waals surface area contributed by atoms with Crippen LogP contribution in [-0.2, 0) is 10.2 Å². The fourth-order valence-corrected chi connectivity index (χ4v) is 4.34. The monoisotopic (exact) mass is 389 g/mol. The first-order chi connectivity index (χ1) is 14.2. The lowest BCUT2D eigenvalue weighted by atomic mass is 9.64. The van der Waals surface area contributed by atoms with E-state index in [0.717, 1.165) is 51.4 Å². The minimum atomic E-state index is 0.0937. The lowest BCUT2D eigenvalue weighted by Crippen LogP contribution is -2.52. The van der Waals surface area contributed by atoms with Gasteiger partial charge in [0.05, 0.1) is 12.1 Å². The highest BCUT2D eigenvalue weighted by molar-refractivity contribution is 5.78. The molecule has 0 atom stereocenters. The van der Waals surface area contributed by atoms with E-state index in [4.69, 9.17) is 0 Å². The highest BCUT2D eigenvalue weighted by Crippen LogP contribution is 2.43. The molecule has 0 unspecified atom stereocenters. The van der Waals surface area contributed by atoms with Gasteiger partial charge in [0.25, 0.3) is 0 Å². The van der Waals surface area contributed by atoms with Crippen molar-refractivity contribution >= 4 is 11.7 Å². The van der Waals surface area contributed by atoms with E-state index in [9.17, 15) is 10.1 Å². The molecule has 2 fully saturated rings. The van der Waals surface area contributed by atoms with Gasteiger partial charge in [0.1, 0.15) is 11.9 Å². The summed E-state index contributed by atoms with van der Waals surface area (Å²) in [5.41, 5.74) is 2.05. The van der Waals surface area contributed by atoms with E-state index in [2.05, 4.69) is 50.4 Å². The molecular weight excluding hydrogens is 362 g/mol. The SMILES string of the molecule is N#Cc1cccnc1N1CCN(CC(=O)NCC2(c3ccccc3)CCC2)CC1. The fourth-order valence-electron chi connectivity index (χ4n) is 4.34. The molecule has 150 valence electrons. The second kappa shape index (κ2) is 8.62. The van der Waals surface area contributed by atoms with Crippen molar-refractivity contribution in [3.63, 3.8) is 0 Å². The first-order valence-electron chi connectivity index (χ1n) is 10.3. The smallest absolute Gasteiger partial charge is 0.234 e. The summed E-state index contributed by atoms with van der Waals surface area (Å²) >= 11 is 0. The highest BCUT2D eigenvalue weighted by Gasteiger charge is 2.38. The van der Waals surface area contributed by atoms with Crippen molar-refractivity contribution in [2.45, 2.75) is 24.7 Å². The Kier molecular flexibility index (Phi) is 5.77. The average molecular weight is 390 g/mol. The molecule has 6 nitrogen and oxygen atoms in total. The number of rotatable bonds is 6. The number of hydrogen-bond donors (Lipinski definition) is 1. The van der Waals surface area contributed by atoms with Crippen LogP contribution in [-0.4, -0.2) is 55.1 Å². The van der Waals surface area contributed by atoms with Gasteiger partial charge in [-0.25, -0.2) is 4.98 Å². The molecule has 2 aromatic rings. The molecule has 1 aliphatic heterocycles. The van der Waals surface area contributed by atoms with Crippen LogP contribution in [0.3, 0.4) is 0 Å². The number of nitrogens with one attached hydrogen (secondary N) is 1. The van der Waals surface area contributed by atoms with Gasteiger partial charge in [0.15, 0.2) is 0 Å². The minimum Gasteiger partial charge on any atom is -0.354 e. The molecular formula is C23H27N5O. The zero-order valence-corrected chi connectivity index (χ0v) is 16.7. The van der Waals surface area contributed by atoms with Crippen molar-refractivity contribution < 1.29 is 4.79 Å². The molecule has 1 aliphatic carbocycles. The first-order valence-corrected chi connectivity index (χ1v) is 10.3. The molecule has 6 heteroatoms. The Labute approximate surface area is 172 Å². The van der Waals surface area contributed by atoms with Crippen LogP contribution in [0.2, 0.25) is 0 Å². The van der Waals surface area contributed by atoms with Crippen LogP contribution < -0.4 is 10.2 Å². The van der Waals surface area contributed by atoms with Crippen molar-refractivity contribution in [3.05, 3.63) is 59.8 Å². The summed E-state index contributed by atoms with van der Waals surface area (Å²) in [4.78, 5) is 21.2. The van der Waals surface area contributed by atoms with Crippen molar-refractivity contribution in [1.82, 2.24) is 15.2 Å². The lowest BCUT2D eigenvalue weighted by Gasteiger charge is -2.43. The Hall–Kier alpha value is -2.91. The van der Waals surface area contributed by atoms with Crippen LogP contribution in [0.4, 0.5) is 5.82 Å². The summed E-state index contributed by atoms with van der Waals surface area (Å²) in [5, 5.41) is 12.5. The third kappa shape index (κ3) is 4.25. The second-order valence-corrected chi connectivity index (χ2v) is 8.03. The van der Waals surface area contributed by atoms with Crippen molar-refractivity contribution in [1.29, 1.82) is 5.26 Å². The fraction of sp³-hybridized carbons (Fsp3) is 0.435. The second-order valence-electron chi connectivity index (χ2n) is 8.03. The average Bonchev–Trinajstić information content (AvgIpc) is 2.74. The molecule has 1 saturated heterocycles. The first kappa shape index (κ1) is 19.4. The van der Waals surface area contributed by atoms with Gasteiger partial charge in [-0.3, -0.25) is 9.69 Å². The summed E-state index contributed by atoms with van der Waals surface area (Å²) in [6.45, 7) is 4.26. The minimum absolute atomic E-state index is 0.0937. The number of amides is 1. The molecule has 4 rings (SSSR count). The van der Waals surface area contributed by atoms with E-state index >= 15 is 0 Å². The summed E-state index contributed by atoms with van der Waals surface area (Å²) in [7, 11) is 0. The molecule has 2 heterocycles. The molecule has 0 spiro atoms. The van der Waals surface area contributed by atoms with Crippen LogP contribution in [0.15, 0.2) is 48.7 Å². The van der Waals surface area contributed by atoms with Gasteiger partial charge in [0.2, 0.25) is 5.91 Å². The topological polar surface area (TPSA) is 72.3 Å². The zero-order chi connectivity index (χ0) is 20.1. The van der Waals surface area contributed by atoms with E-state index in [1.807, 2.05) is 6.07 Å². The molecule has 0 radical (unpaired) electrons. The van der Waals surface area contributed by atoms with Crippen molar-refractivity contribution in [2.75, 3.05) is 44.2 Å². The third-order valence-corrected chi connectivity index (χ3v) is 6.27. The molecule has 2 aliphatic rings. The number of benzene rings is 1. The van der Waals surface area contributed by atoms with Crippen LogP contribution in [0.5, 0.6) is 0 Å². The largest absolute Gasteiger partial charge is 0.354 e. The molecule has 1 N–H and O–H groups in total. The molecule has 1 saturated carbocycles. The van der Waals surface area contributed by atoms with Crippen LogP contribution in [0, 0.1) is 11.3 Å². The van der Waals surface area contributed by atoms with E-state index in [1.54, 1.807) is 18.3 Å². The van der Waals surface area contributed by atoms with Gasteiger partial charge < -0.3 is 10.2 Å². The number of carbonyl (C=O) groups excluding carboxylic acids is 1. The molecule has 1 aromatic heterocycles. The number of hydrogen-bond acceptors (Lipinski definition) is 5. The van der Waals surface area contributed by atoms with Gasteiger partial charge in [-0.2, -0.15) is 5.26 Å². The standard InChI is InChI=1S/C23H27N5O/c24-16-19-6-4-11-25-22(19)28-14-12-27(13-15-28)17-21(29)26-18-23(9-5-10-23)20-7-2-1-3-8-20/h1-4,6-8,11H,5,9-10,12-15,17-18H2,(H,26,29). The predicted octanol–water partition coefficient (Wildman–Crippen LogP) is 2.31. The predicted molar refractivity (Wildman–Crippen MR) is 113 cm³/mol. The highest BCUT2D eigenvalue weighted by atomic mass is 16.2. The van der Waals surface area contributed by atoms with Gasteiger partial charge in [0, 0.05) is 44.3 Å². The van der Waals surface area contributed by atoms with Gasteiger partial charge in [-0.05, 0) is 30.5 Å². The van der Waals surface area contributed by atoms with E-state index in [1.165, 1.54) is 12.0 Å². The molecule has 1 aromatic carbocycles. The Balaban J connectivity index is 1.27. The van der Waals surface area contributed by atoms with Crippen LogP contribution in [0.1, 0.15) is 30.4 Å². The van der Waals surface area contributed by atoms with Crippen molar-refractivity contribution in [3.8, 4) is 6.07 Å². The van der Waals surface area contributed by atoms with Crippen LogP contribution in [0.25, 0.3) is 0 Å². The Morgan fingerprint density at radius 2 is 1.86 bits per heavy atom. The number of piperazine rings is 1. The summed E-state index contributed by atoms with van der Waals surface area (Å²) < 4.78 is 0. The number of anilines is 1. The lowest BCUT2D eigenvalue weighted by molar-refractivity contribution is -0.122. The number of aromatic nitrogens is 1. The van der Waals surface area contributed by atoms with E-state index in [-0.39, 0.29) is 11.3 Å². The Bertz CT molecular complexity index is 880. The van der Waals surface area contributed by atoms with E-state index in [0.29, 0.717) is 12.1 Å². The number of nitrogens with zero attached hydrogens (tertiary/aromatic N) is 4. The maximum absolute atomic E-state index is 12.6. The third-order valence-electron chi connectivity index (χ3n) is 6.27. The summed E-state index contributed by atoms with van der Waals surface area (Å²) in [5.74, 6) is 0.838. The van der Waals surface area contributed by atoms with Gasteiger partial charge >= 0.3 is 0 Å². The number of pyridine rings is 1. The zero-order valence-electron chi connectivity index (χ0n) is 16.7. The molecule has 1 amide bonds. The van der Waals surface area contributed by atoms with Gasteiger partial charge in [-0.15, -0.1) is 0 Å². The van der Waals surface area contributed by atoms with Crippen molar-refractivity contribution in [2.24, 2.45) is 0 Å².